The largest absolute Gasteiger partial charge is 0.497 e. The molecule has 0 fully saturated rings. The zero-order valence-corrected chi connectivity index (χ0v) is 20.7. The van der Waals surface area contributed by atoms with E-state index < -0.39 is 0 Å². The van der Waals surface area contributed by atoms with Crippen molar-refractivity contribution in [1.29, 1.82) is 0 Å². The highest BCUT2D eigenvalue weighted by atomic mass is 32.1. The van der Waals surface area contributed by atoms with Crippen LogP contribution in [-0.4, -0.2) is 36.9 Å². The second-order valence-corrected chi connectivity index (χ2v) is 9.55. The van der Waals surface area contributed by atoms with Crippen molar-refractivity contribution < 1.29 is 4.74 Å². The summed E-state index contributed by atoms with van der Waals surface area (Å²) in [4.78, 5) is 20.7. The number of hydrogen-bond donors (Lipinski definition) is 0. The second kappa shape index (κ2) is 9.64. The molecule has 0 atom stereocenters. The molecule has 3 aromatic heterocycles. The SMILES string of the molecule is COc1cccc(-c2cc3c(n(Cc4ccccn4)c2=O)CCN(Cc2ccc4nsnc4c2)C3)c1. The third-order valence-electron chi connectivity index (χ3n) is 6.70. The molecule has 4 heterocycles. The van der Waals surface area contributed by atoms with Crippen LogP contribution in [0, 0.1) is 0 Å². The van der Waals surface area contributed by atoms with Gasteiger partial charge in [-0.25, -0.2) is 0 Å². The van der Waals surface area contributed by atoms with Gasteiger partial charge in [0.15, 0.2) is 0 Å². The highest BCUT2D eigenvalue weighted by Crippen LogP contribution is 2.27. The molecule has 0 saturated carbocycles. The van der Waals surface area contributed by atoms with Gasteiger partial charge in [-0.15, -0.1) is 0 Å². The maximum Gasteiger partial charge on any atom is 0.259 e. The molecule has 36 heavy (non-hydrogen) atoms. The van der Waals surface area contributed by atoms with Crippen LogP contribution in [0.15, 0.2) is 77.7 Å². The van der Waals surface area contributed by atoms with Crippen LogP contribution >= 0.6 is 11.7 Å². The molecule has 180 valence electrons. The number of benzene rings is 2. The summed E-state index contributed by atoms with van der Waals surface area (Å²) < 4.78 is 16.0. The molecule has 1 aliphatic rings. The van der Waals surface area contributed by atoms with E-state index in [0.717, 1.165) is 59.8 Å². The summed E-state index contributed by atoms with van der Waals surface area (Å²) in [6, 6.07) is 21.9. The number of ether oxygens (including phenoxy) is 1. The summed E-state index contributed by atoms with van der Waals surface area (Å²) in [7, 11) is 1.64. The molecule has 6 rings (SSSR count). The Bertz CT molecular complexity index is 1600. The lowest BCUT2D eigenvalue weighted by atomic mass is 9.98. The number of pyridine rings is 2. The number of aromatic nitrogens is 4. The average Bonchev–Trinajstić information content (AvgIpc) is 3.39. The molecule has 0 bridgehead atoms. The Kier molecular flexibility index (Phi) is 6.04. The van der Waals surface area contributed by atoms with Crippen LogP contribution < -0.4 is 10.3 Å². The summed E-state index contributed by atoms with van der Waals surface area (Å²) in [5.41, 5.74) is 7.77. The van der Waals surface area contributed by atoms with Crippen LogP contribution in [-0.2, 0) is 26.1 Å². The van der Waals surface area contributed by atoms with Gasteiger partial charge in [-0.2, -0.15) is 8.75 Å². The Balaban J connectivity index is 1.38. The van der Waals surface area contributed by atoms with Crippen LogP contribution in [0.5, 0.6) is 5.75 Å². The molecule has 0 radical (unpaired) electrons. The number of rotatable bonds is 6. The lowest BCUT2D eigenvalue weighted by Gasteiger charge is -2.31. The molecule has 2 aromatic carbocycles. The van der Waals surface area contributed by atoms with E-state index in [1.165, 1.54) is 22.9 Å². The number of methoxy groups -OCH3 is 1. The van der Waals surface area contributed by atoms with Gasteiger partial charge >= 0.3 is 0 Å². The molecule has 0 spiro atoms. The molecule has 8 heteroatoms. The van der Waals surface area contributed by atoms with Gasteiger partial charge < -0.3 is 9.30 Å². The minimum Gasteiger partial charge on any atom is -0.497 e. The van der Waals surface area contributed by atoms with E-state index in [4.69, 9.17) is 4.74 Å². The topological polar surface area (TPSA) is 73.1 Å². The number of hydrogen-bond acceptors (Lipinski definition) is 7. The fraction of sp³-hybridized carbons (Fsp3) is 0.214. The fourth-order valence-electron chi connectivity index (χ4n) is 4.91. The van der Waals surface area contributed by atoms with Gasteiger partial charge in [-0.3, -0.25) is 14.7 Å². The predicted octanol–water partition coefficient (Wildman–Crippen LogP) is 4.53. The molecule has 1 aliphatic heterocycles. The van der Waals surface area contributed by atoms with Crippen LogP contribution in [0.3, 0.4) is 0 Å². The van der Waals surface area contributed by atoms with Crippen molar-refractivity contribution in [3.05, 3.63) is 106 Å². The van der Waals surface area contributed by atoms with E-state index in [9.17, 15) is 4.79 Å². The zero-order valence-electron chi connectivity index (χ0n) is 19.9. The third kappa shape index (κ3) is 4.41. The van der Waals surface area contributed by atoms with Crippen molar-refractivity contribution in [3.8, 4) is 16.9 Å². The van der Waals surface area contributed by atoms with Crippen molar-refractivity contribution in [3.63, 3.8) is 0 Å². The monoisotopic (exact) mass is 495 g/mol. The van der Waals surface area contributed by atoms with E-state index in [-0.39, 0.29) is 5.56 Å². The predicted molar refractivity (Wildman–Crippen MR) is 141 cm³/mol. The first-order valence-corrected chi connectivity index (χ1v) is 12.6. The highest BCUT2D eigenvalue weighted by molar-refractivity contribution is 7.00. The minimum atomic E-state index is 0.00240. The van der Waals surface area contributed by atoms with Gasteiger partial charge in [0.2, 0.25) is 0 Å². The zero-order chi connectivity index (χ0) is 24.5. The van der Waals surface area contributed by atoms with Crippen LogP contribution in [0.1, 0.15) is 22.5 Å². The van der Waals surface area contributed by atoms with Gasteiger partial charge in [0.25, 0.3) is 5.56 Å². The van der Waals surface area contributed by atoms with Crippen molar-refractivity contribution >= 4 is 22.8 Å². The van der Waals surface area contributed by atoms with Gasteiger partial charge in [0.05, 0.1) is 31.1 Å². The van der Waals surface area contributed by atoms with Crippen molar-refractivity contribution in [2.45, 2.75) is 26.1 Å². The lowest BCUT2D eigenvalue weighted by Crippen LogP contribution is -2.36. The summed E-state index contributed by atoms with van der Waals surface area (Å²) in [6.45, 7) is 2.91. The quantitative estimate of drug-likeness (QED) is 0.345. The molecule has 7 nitrogen and oxygen atoms in total. The molecule has 0 N–H and O–H groups in total. The minimum absolute atomic E-state index is 0.00240. The molecule has 0 amide bonds. The molecule has 0 saturated heterocycles. The first kappa shape index (κ1) is 22.6. The lowest BCUT2D eigenvalue weighted by molar-refractivity contribution is 0.240. The van der Waals surface area contributed by atoms with E-state index in [2.05, 4.69) is 36.8 Å². The van der Waals surface area contributed by atoms with Crippen LogP contribution in [0.4, 0.5) is 0 Å². The van der Waals surface area contributed by atoms with Gasteiger partial charge in [-0.05, 0) is 59.2 Å². The Morgan fingerprint density at radius 2 is 1.89 bits per heavy atom. The number of nitrogens with zero attached hydrogens (tertiary/aromatic N) is 5. The van der Waals surface area contributed by atoms with E-state index in [1.54, 1.807) is 13.3 Å². The Morgan fingerprint density at radius 3 is 2.75 bits per heavy atom. The molecular formula is C28H25N5O2S. The Morgan fingerprint density at radius 1 is 0.972 bits per heavy atom. The highest BCUT2D eigenvalue weighted by Gasteiger charge is 2.23. The standard InChI is InChI=1S/C28H25N5O2S/c1-35-23-7-4-5-20(14-23)24-15-21-17-32(16-19-8-9-25-26(13-19)31-36-30-25)12-10-27(21)33(28(24)34)18-22-6-2-3-11-29-22/h2-9,11,13-15H,10,12,16-18H2,1H3. The average molecular weight is 496 g/mol. The first-order chi connectivity index (χ1) is 17.7. The van der Waals surface area contributed by atoms with E-state index in [0.29, 0.717) is 12.1 Å². The maximum absolute atomic E-state index is 13.8. The van der Waals surface area contributed by atoms with Crippen molar-refractivity contribution in [2.24, 2.45) is 0 Å². The normalized spacial score (nSPS) is 13.6. The van der Waals surface area contributed by atoms with Gasteiger partial charge in [0, 0.05) is 43.5 Å². The smallest absolute Gasteiger partial charge is 0.259 e. The van der Waals surface area contributed by atoms with Crippen molar-refractivity contribution in [1.82, 2.24) is 23.2 Å². The van der Waals surface area contributed by atoms with Crippen LogP contribution in [0.2, 0.25) is 0 Å². The molecule has 0 aliphatic carbocycles. The first-order valence-electron chi connectivity index (χ1n) is 11.9. The molecular weight excluding hydrogens is 470 g/mol. The van der Waals surface area contributed by atoms with Crippen LogP contribution in [0.25, 0.3) is 22.2 Å². The summed E-state index contributed by atoms with van der Waals surface area (Å²) in [5, 5.41) is 0. The third-order valence-corrected chi connectivity index (χ3v) is 7.26. The summed E-state index contributed by atoms with van der Waals surface area (Å²) in [6.07, 6.45) is 2.57. The van der Waals surface area contributed by atoms with E-state index in [1.807, 2.05) is 53.1 Å². The van der Waals surface area contributed by atoms with Gasteiger partial charge in [0.1, 0.15) is 16.8 Å². The maximum atomic E-state index is 13.8. The summed E-state index contributed by atoms with van der Waals surface area (Å²) >= 11 is 1.24. The fourth-order valence-corrected chi connectivity index (χ4v) is 5.43. The summed E-state index contributed by atoms with van der Waals surface area (Å²) in [5.74, 6) is 0.731. The molecule has 0 unspecified atom stereocenters. The second-order valence-electron chi connectivity index (χ2n) is 9.02. The molecule has 5 aromatic rings. The van der Waals surface area contributed by atoms with E-state index >= 15 is 0 Å². The Hall–Kier alpha value is -3.88. The number of fused-ring (bicyclic) bond motifs is 2. The van der Waals surface area contributed by atoms with Gasteiger partial charge in [-0.1, -0.05) is 24.3 Å². The Labute approximate surface area is 213 Å². The van der Waals surface area contributed by atoms with Crippen molar-refractivity contribution in [2.75, 3.05) is 13.7 Å².